The highest BCUT2D eigenvalue weighted by Gasteiger charge is 2.19. The Morgan fingerprint density at radius 1 is 1.24 bits per heavy atom. The molecule has 3 rings (SSSR count). The predicted octanol–water partition coefficient (Wildman–Crippen LogP) is 3.93. The van der Waals surface area contributed by atoms with Crippen LogP contribution in [0.4, 0.5) is 0 Å². The standard InChI is InChI=1S/C15H17NS/c1-10-3-5-12(6-4-10)15-9-13-11(2)16-8-7-14(13)17-15/h3-6,9,11,16H,7-8H2,1-2H3. The molecule has 0 fully saturated rings. The summed E-state index contributed by atoms with van der Waals surface area (Å²) in [6, 6.07) is 11.7. The molecule has 1 nitrogen and oxygen atoms in total. The second-order valence-corrected chi connectivity index (χ2v) is 5.92. The molecular weight excluding hydrogens is 226 g/mol. The van der Waals surface area contributed by atoms with Crippen LogP contribution in [0, 0.1) is 6.92 Å². The summed E-state index contributed by atoms with van der Waals surface area (Å²) in [5, 5.41) is 3.52. The molecule has 1 aromatic carbocycles. The summed E-state index contributed by atoms with van der Waals surface area (Å²) >= 11 is 1.96. The van der Waals surface area contributed by atoms with Gasteiger partial charge in [-0.25, -0.2) is 0 Å². The number of nitrogens with one attached hydrogen (secondary N) is 1. The lowest BCUT2D eigenvalue weighted by molar-refractivity contribution is 0.547. The number of benzene rings is 1. The molecule has 0 saturated carbocycles. The van der Waals surface area contributed by atoms with Gasteiger partial charge in [-0.1, -0.05) is 29.8 Å². The second-order valence-electron chi connectivity index (χ2n) is 4.78. The fourth-order valence-corrected chi connectivity index (χ4v) is 3.64. The van der Waals surface area contributed by atoms with Crippen LogP contribution in [-0.2, 0) is 6.42 Å². The minimum atomic E-state index is 0.509. The maximum Gasteiger partial charge on any atom is 0.0349 e. The summed E-state index contributed by atoms with van der Waals surface area (Å²) < 4.78 is 0. The number of aryl methyl sites for hydroxylation is 1. The minimum absolute atomic E-state index is 0.509. The van der Waals surface area contributed by atoms with Crippen molar-refractivity contribution in [3.8, 4) is 10.4 Å². The zero-order valence-corrected chi connectivity index (χ0v) is 11.1. The van der Waals surface area contributed by atoms with E-state index in [1.165, 1.54) is 28.0 Å². The van der Waals surface area contributed by atoms with E-state index in [0.29, 0.717) is 6.04 Å². The average molecular weight is 243 g/mol. The molecule has 0 aliphatic carbocycles. The van der Waals surface area contributed by atoms with E-state index in [2.05, 4.69) is 49.5 Å². The third-order valence-electron chi connectivity index (χ3n) is 3.45. The fraction of sp³-hybridized carbons (Fsp3) is 0.333. The van der Waals surface area contributed by atoms with Gasteiger partial charge in [-0.05, 0) is 37.5 Å². The normalized spacial score (nSPS) is 19.1. The molecule has 1 atom stereocenters. The molecular formula is C15H17NS. The van der Waals surface area contributed by atoms with Gasteiger partial charge < -0.3 is 5.32 Å². The van der Waals surface area contributed by atoms with Crippen LogP contribution in [0.2, 0.25) is 0 Å². The Morgan fingerprint density at radius 2 is 2.00 bits per heavy atom. The third kappa shape index (κ3) is 2.03. The first-order chi connectivity index (χ1) is 8.24. The molecule has 1 aromatic heterocycles. The van der Waals surface area contributed by atoms with Crippen molar-refractivity contribution in [3.63, 3.8) is 0 Å². The first-order valence-corrected chi connectivity index (χ1v) is 6.99. The molecule has 2 aromatic rings. The van der Waals surface area contributed by atoms with E-state index in [1.54, 1.807) is 4.88 Å². The van der Waals surface area contributed by atoms with Gasteiger partial charge in [0, 0.05) is 22.3 Å². The molecule has 0 saturated heterocycles. The maximum atomic E-state index is 3.52. The molecule has 0 amide bonds. The first kappa shape index (κ1) is 11.0. The van der Waals surface area contributed by atoms with Crippen LogP contribution in [0.1, 0.15) is 29.0 Å². The number of hydrogen-bond acceptors (Lipinski definition) is 2. The monoisotopic (exact) mass is 243 g/mol. The van der Waals surface area contributed by atoms with Crippen LogP contribution in [0.25, 0.3) is 10.4 Å². The fourth-order valence-electron chi connectivity index (χ4n) is 2.38. The van der Waals surface area contributed by atoms with Gasteiger partial charge in [-0.2, -0.15) is 0 Å². The largest absolute Gasteiger partial charge is 0.310 e. The quantitative estimate of drug-likeness (QED) is 0.800. The zero-order valence-electron chi connectivity index (χ0n) is 10.3. The van der Waals surface area contributed by atoms with Crippen molar-refractivity contribution < 1.29 is 0 Å². The Kier molecular flexibility index (Phi) is 2.77. The van der Waals surface area contributed by atoms with E-state index in [9.17, 15) is 0 Å². The summed E-state index contributed by atoms with van der Waals surface area (Å²) in [6.07, 6.45) is 1.18. The second kappa shape index (κ2) is 4.28. The van der Waals surface area contributed by atoms with Crippen molar-refractivity contribution >= 4 is 11.3 Å². The van der Waals surface area contributed by atoms with Crippen molar-refractivity contribution in [2.24, 2.45) is 0 Å². The van der Waals surface area contributed by atoms with Gasteiger partial charge in [0.2, 0.25) is 0 Å². The van der Waals surface area contributed by atoms with Crippen molar-refractivity contribution in [3.05, 3.63) is 46.3 Å². The van der Waals surface area contributed by atoms with Crippen molar-refractivity contribution in [1.82, 2.24) is 5.32 Å². The zero-order chi connectivity index (χ0) is 11.8. The topological polar surface area (TPSA) is 12.0 Å². The van der Waals surface area contributed by atoms with E-state index in [4.69, 9.17) is 0 Å². The van der Waals surface area contributed by atoms with Crippen LogP contribution in [0.5, 0.6) is 0 Å². The lowest BCUT2D eigenvalue weighted by Crippen LogP contribution is -2.26. The van der Waals surface area contributed by atoms with E-state index in [1.807, 2.05) is 11.3 Å². The van der Waals surface area contributed by atoms with E-state index in [-0.39, 0.29) is 0 Å². The lowest BCUT2D eigenvalue weighted by atomic mass is 10.0. The molecule has 0 bridgehead atoms. The van der Waals surface area contributed by atoms with Crippen LogP contribution in [0.15, 0.2) is 30.3 Å². The highest BCUT2D eigenvalue weighted by Crippen LogP contribution is 2.36. The lowest BCUT2D eigenvalue weighted by Gasteiger charge is -2.19. The third-order valence-corrected chi connectivity index (χ3v) is 4.71. The highest BCUT2D eigenvalue weighted by molar-refractivity contribution is 7.15. The number of hydrogen-bond donors (Lipinski definition) is 1. The van der Waals surface area contributed by atoms with Gasteiger partial charge >= 0.3 is 0 Å². The molecule has 0 spiro atoms. The Labute approximate surface area is 106 Å². The summed E-state index contributed by atoms with van der Waals surface area (Å²) in [6.45, 7) is 5.50. The Bertz CT molecular complexity index is 524. The van der Waals surface area contributed by atoms with Gasteiger partial charge in [-0.15, -0.1) is 11.3 Å². The van der Waals surface area contributed by atoms with Crippen LogP contribution < -0.4 is 5.32 Å². The van der Waals surface area contributed by atoms with Gasteiger partial charge in [0.1, 0.15) is 0 Å². The summed E-state index contributed by atoms with van der Waals surface area (Å²) in [5.41, 5.74) is 4.17. The number of thiophene rings is 1. The molecule has 2 heteroatoms. The minimum Gasteiger partial charge on any atom is -0.310 e. The Morgan fingerprint density at radius 3 is 2.71 bits per heavy atom. The predicted molar refractivity (Wildman–Crippen MR) is 74.6 cm³/mol. The van der Waals surface area contributed by atoms with Crippen molar-refractivity contribution in [2.45, 2.75) is 26.3 Å². The van der Waals surface area contributed by atoms with Gasteiger partial charge in [-0.3, -0.25) is 0 Å². The van der Waals surface area contributed by atoms with E-state index in [0.717, 1.165) is 6.54 Å². The molecule has 88 valence electrons. The summed E-state index contributed by atoms with van der Waals surface area (Å²) in [7, 11) is 0. The maximum absolute atomic E-state index is 3.52. The van der Waals surface area contributed by atoms with Gasteiger partial charge in [0.15, 0.2) is 0 Å². The van der Waals surface area contributed by atoms with Crippen LogP contribution >= 0.6 is 11.3 Å². The molecule has 0 radical (unpaired) electrons. The molecule has 1 N–H and O–H groups in total. The SMILES string of the molecule is Cc1ccc(-c2cc3c(s2)CCNC3C)cc1. The van der Waals surface area contributed by atoms with E-state index >= 15 is 0 Å². The molecule has 1 aliphatic heterocycles. The molecule has 1 aliphatic rings. The molecule has 17 heavy (non-hydrogen) atoms. The van der Waals surface area contributed by atoms with Crippen molar-refractivity contribution in [2.75, 3.05) is 6.54 Å². The highest BCUT2D eigenvalue weighted by atomic mass is 32.1. The number of rotatable bonds is 1. The molecule has 1 unspecified atom stereocenters. The average Bonchev–Trinajstić information content (AvgIpc) is 2.75. The van der Waals surface area contributed by atoms with Crippen LogP contribution in [-0.4, -0.2) is 6.54 Å². The Hall–Kier alpha value is -1.12. The van der Waals surface area contributed by atoms with Gasteiger partial charge in [0.25, 0.3) is 0 Å². The number of fused-ring (bicyclic) bond motifs is 1. The smallest absolute Gasteiger partial charge is 0.0349 e. The molecule has 2 heterocycles. The van der Waals surface area contributed by atoms with Crippen LogP contribution in [0.3, 0.4) is 0 Å². The Balaban J connectivity index is 2.02. The first-order valence-electron chi connectivity index (χ1n) is 6.17. The summed E-state index contributed by atoms with van der Waals surface area (Å²) in [4.78, 5) is 2.97. The van der Waals surface area contributed by atoms with Crippen molar-refractivity contribution in [1.29, 1.82) is 0 Å². The van der Waals surface area contributed by atoms with Gasteiger partial charge in [0.05, 0.1) is 0 Å². The summed E-state index contributed by atoms with van der Waals surface area (Å²) in [5.74, 6) is 0. The van der Waals surface area contributed by atoms with E-state index < -0.39 is 0 Å².